The zero-order valence-corrected chi connectivity index (χ0v) is 17.6. The predicted octanol–water partition coefficient (Wildman–Crippen LogP) is 2.33. The molecule has 0 aliphatic rings. The zero-order valence-electron chi connectivity index (χ0n) is 17.6. The molecule has 0 bridgehead atoms. The summed E-state index contributed by atoms with van der Waals surface area (Å²) < 4.78 is 47.6. The number of hydrogen-bond donors (Lipinski definition) is 1. The molecular weight excluding hydrogens is 455 g/mol. The quantitative estimate of drug-likeness (QED) is 0.431. The zero-order chi connectivity index (χ0) is 24.6. The fourth-order valence-electron chi connectivity index (χ4n) is 3.40. The number of nitrogens with zero attached hydrogens (tertiary/aromatic N) is 4. The van der Waals surface area contributed by atoms with Crippen LogP contribution in [-0.4, -0.2) is 37.6 Å². The van der Waals surface area contributed by atoms with Gasteiger partial charge in [-0.15, -0.1) is 0 Å². The van der Waals surface area contributed by atoms with Gasteiger partial charge < -0.3 is 10.5 Å². The molecule has 2 aromatic heterocycles. The van der Waals surface area contributed by atoms with Gasteiger partial charge in [-0.05, 0) is 49.4 Å². The van der Waals surface area contributed by atoms with Crippen molar-refractivity contribution in [1.29, 1.82) is 0 Å². The molecule has 0 spiro atoms. The molecule has 1 amide bonds. The summed E-state index contributed by atoms with van der Waals surface area (Å²) in [6.07, 6.45) is 0. The molecule has 0 radical (unpaired) electrons. The van der Waals surface area contributed by atoms with Gasteiger partial charge in [-0.2, -0.15) is 0 Å². The average Bonchev–Trinajstić information content (AvgIpc) is 3.07. The topological polar surface area (TPSA) is 122 Å². The van der Waals surface area contributed by atoms with E-state index in [1.807, 2.05) is 0 Å². The highest BCUT2D eigenvalue weighted by atomic mass is 19.2. The number of imidazole rings is 1. The largest absolute Gasteiger partial charge is 0.465 e. The first-order chi connectivity index (χ1) is 16.2. The Morgan fingerprint density at radius 3 is 2.35 bits per heavy atom. The molecule has 0 aliphatic heterocycles. The molecule has 0 fully saturated rings. The number of primary amides is 1. The van der Waals surface area contributed by atoms with Crippen LogP contribution in [0.3, 0.4) is 0 Å². The van der Waals surface area contributed by atoms with Crippen molar-refractivity contribution in [1.82, 2.24) is 19.1 Å². The Labute approximate surface area is 189 Å². The third-order valence-electron chi connectivity index (χ3n) is 4.86. The van der Waals surface area contributed by atoms with Crippen LogP contribution in [0, 0.1) is 17.5 Å². The van der Waals surface area contributed by atoms with Crippen LogP contribution < -0.4 is 11.4 Å². The van der Waals surface area contributed by atoms with Gasteiger partial charge >= 0.3 is 11.7 Å². The lowest BCUT2D eigenvalue weighted by Gasteiger charge is -2.08. The van der Waals surface area contributed by atoms with E-state index in [1.165, 1.54) is 18.2 Å². The summed E-state index contributed by atoms with van der Waals surface area (Å²) in [7, 11) is 0. The number of carbonyl (C=O) groups is 2. The minimum atomic E-state index is -1.18. The number of fused-ring (bicyclic) bond motifs is 1. The maximum Gasteiger partial charge on any atom is 0.335 e. The third kappa shape index (κ3) is 4.00. The van der Waals surface area contributed by atoms with Crippen molar-refractivity contribution in [2.75, 3.05) is 6.61 Å². The summed E-state index contributed by atoms with van der Waals surface area (Å²) >= 11 is 0. The standard InChI is InChI=1S/C22H16F3N5O4/c1-2-34-16(31)10-29-18-17(19(26)32)27-20(11-3-8-14(24)15(25)9-11)28-21(18)30(22(29)33)13-6-4-12(23)5-7-13/h3-9H,2,10H2,1H3,(H2,26,32). The first-order valence-electron chi connectivity index (χ1n) is 9.91. The number of rotatable bonds is 6. The summed E-state index contributed by atoms with van der Waals surface area (Å²) in [6, 6.07) is 7.62. The van der Waals surface area contributed by atoms with E-state index in [9.17, 15) is 27.6 Å². The Morgan fingerprint density at radius 1 is 1.03 bits per heavy atom. The highest BCUT2D eigenvalue weighted by Gasteiger charge is 2.26. The minimum absolute atomic E-state index is 0.000419. The second kappa shape index (κ2) is 8.81. The van der Waals surface area contributed by atoms with E-state index < -0.39 is 47.3 Å². The molecular formula is C22H16F3N5O4. The molecule has 2 heterocycles. The highest BCUT2D eigenvalue weighted by Crippen LogP contribution is 2.25. The van der Waals surface area contributed by atoms with E-state index >= 15 is 0 Å². The fourth-order valence-corrected chi connectivity index (χ4v) is 3.40. The van der Waals surface area contributed by atoms with Crippen molar-refractivity contribution in [3.63, 3.8) is 0 Å². The first kappa shape index (κ1) is 22.7. The number of halogens is 3. The van der Waals surface area contributed by atoms with E-state index in [2.05, 4.69) is 9.97 Å². The van der Waals surface area contributed by atoms with Gasteiger partial charge in [0.1, 0.15) is 17.9 Å². The van der Waals surface area contributed by atoms with E-state index in [-0.39, 0.29) is 34.8 Å². The van der Waals surface area contributed by atoms with Crippen LogP contribution in [0.5, 0.6) is 0 Å². The molecule has 0 aliphatic carbocycles. The number of nitrogens with two attached hydrogens (primary N) is 1. The van der Waals surface area contributed by atoms with Crippen LogP contribution in [0.2, 0.25) is 0 Å². The van der Waals surface area contributed by atoms with Crippen LogP contribution in [0.25, 0.3) is 28.2 Å². The Balaban J connectivity index is 2.08. The highest BCUT2D eigenvalue weighted by molar-refractivity contribution is 6.02. The van der Waals surface area contributed by atoms with E-state index in [4.69, 9.17) is 10.5 Å². The van der Waals surface area contributed by atoms with Crippen LogP contribution in [0.15, 0.2) is 47.3 Å². The number of aromatic nitrogens is 4. The molecule has 12 heteroatoms. The molecule has 174 valence electrons. The lowest BCUT2D eigenvalue weighted by atomic mass is 10.2. The van der Waals surface area contributed by atoms with E-state index in [0.29, 0.717) is 0 Å². The average molecular weight is 471 g/mol. The van der Waals surface area contributed by atoms with Gasteiger partial charge in [-0.1, -0.05) is 0 Å². The number of amides is 1. The molecule has 4 aromatic rings. The van der Waals surface area contributed by atoms with Crippen LogP contribution in [0.4, 0.5) is 13.2 Å². The van der Waals surface area contributed by atoms with E-state index in [1.54, 1.807) is 6.92 Å². The van der Waals surface area contributed by atoms with Crippen LogP contribution >= 0.6 is 0 Å². The Morgan fingerprint density at radius 2 is 1.74 bits per heavy atom. The first-order valence-corrected chi connectivity index (χ1v) is 9.91. The van der Waals surface area contributed by atoms with Crippen molar-refractivity contribution in [3.05, 3.63) is 76.1 Å². The Hall–Kier alpha value is -4.48. The number of esters is 1. The normalized spacial score (nSPS) is 11.1. The minimum Gasteiger partial charge on any atom is -0.465 e. The summed E-state index contributed by atoms with van der Waals surface area (Å²) in [5.74, 6) is -4.93. The molecule has 34 heavy (non-hydrogen) atoms. The SMILES string of the molecule is CCOC(=O)Cn1c(=O)n(-c2ccc(F)cc2)c2nc(-c3ccc(F)c(F)c3)nc(C(N)=O)c21. The van der Waals surface area contributed by atoms with Gasteiger partial charge in [0.05, 0.1) is 12.3 Å². The lowest BCUT2D eigenvalue weighted by molar-refractivity contribution is -0.143. The van der Waals surface area contributed by atoms with Crippen molar-refractivity contribution < 1.29 is 27.5 Å². The molecule has 0 unspecified atom stereocenters. The van der Waals surface area contributed by atoms with Gasteiger partial charge in [0.25, 0.3) is 5.91 Å². The number of ether oxygens (including phenoxy) is 1. The molecule has 2 aromatic carbocycles. The summed E-state index contributed by atoms with van der Waals surface area (Å²) in [6.45, 7) is 1.03. The predicted molar refractivity (Wildman–Crippen MR) is 114 cm³/mol. The van der Waals surface area contributed by atoms with Crippen molar-refractivity contribution in [2.45, 2.75) is 13.5 Å². The van der Waals surface area contributed by atoms with Gasteiger partial charge in [0, 0.05) is 5.56 Å². The van der Waals surface area contributed by atoms with Crippen molar-refractivity contribution in [3.8, 4) is 17.1 Å². The maximum atomic E-state index is 13.8. The van der Waals surface area contributed by atoms with Gasteiger partial charge in [-0.25, -0.2) is 32.5 Å². The fraction of sp³-hybridized carbons (Fsp3) is 0.136. The van der Waals surface area contributed by atoms with Gasteiger partial charge in [-0.3, -0.25) is 14.2 Å². The summed E-state index contributed by atoms with van der Waals surface area (Å²) in [5.41, 5.74) is 4.07. The summed E-state index contributed by atoms with van der Waals surface area (Å²) in [4.78, 5) is 46.1. The monoisotopic (exact) mass is 471 g/mol. The second-order valence-electron chi connectivity index (χ2n) is 7.05. The molecule has 2 N–H and O–H groups in total. The lowest BCUT2D eigenvalue weighted by Crippen LogP contribution is -2.28. The molecule has 0 atom stereocenters. The van der Waals surface area contributed by atoms with Crippen LogP contribution in [-0.2, 0) is 16.1 Å². The number of benzene rings is 2. The number of carbonyl (C=O) groups excluding carboxylic acids is 2. The smallest absolute Gasteiger partial charge is 0.335 e. The van der Waals surface area contributed by atoms with Gasteiger partial charge in [0.2, 0.25) is 0 Å². The maximum absolute atomic E-state index is 13.8. The summed E-state index contributed by atoms with van der Waals surface area (Å²) in [5, 5.41) is 0. The van der Waals surface area contributed by atoms with Crippen LogP contribution in [0.1, 0.15) is 17.4 Å². The Bertz CT molecular complexity index is 1500. The number of hydrogen-bond acceptors (Lipinski definition) is 6. The van der Waals surface area contributed by atoms with E-state index in [0.717, 1.165) is 33.4 Å². The molecule has 0 saturated heterocycles. The molecule has 4 rings (SSSR count). The Kier molecular flexibility index (Phi) is 5.88. The molecule has 9 nitrogen and oxygen atoms in total. The second-order valence-corrected chi connectivity index (χ2v) is 7.05. The molecule has 0 saturated carbocycles. The third-order valence-corrected chi connectivity index (χ3v) is 4.86. The van der Waals surface area contributed by atoms with Gasteiger partial charge in [0.15, 0.2) is 28.8 Å². The van der Waals surface area contributed by atoms with Crippen molar-refractivity contribution >= 4 is 23.0 Å². The van der Waals surface area contributed by atoms with Crippen molar-refractivity contribution in [2.24, 2.45) is 5.73 Å².